The number of hydrogen-bond acceptors (Lipinski definition) is 3. The van der Waals surface area contributed by atoms with Crippen molar-refractivity contribution in [3.63, 3.8) is 0 Å². The highest BCUT2D eigenvalue weighted by Gasteiger charge is 2.18. The maximum absolute atomic E-state index is 13.9. The van der Waals surface area contributed by atoms with E-state index >= 15 is 0 Å². The predicted octanol–water partition coefficient (Wildman–Crippen LogP) is 4.08. The number of amides is 2. The van der Waals surface area contributed by atoms with Gasteiger partial charge in [0, 0.05) is 20.7 Å². The fraction of sp³-hybridized carbons (Fsp3) is 0.0588. The zero-order valence-corrected chi connectivity index (χ0v) is 14.1. The van der Waals surface area contributed by atoms with Crippen molar-refractivity contribution in [1.82, 2.24) is 10.9 Å². The minimum absolute atomic E-state index is 0.353. The van der Waals surface area contributed by atoms with E-state index in [0.29, 0.717) is 31.1 Å². The molecule has 0 unspecified atom stereocenters. The van der Waals surface area contributed by atoms with E-state index in [4.69, 9.17) is 11.6 Å². The number of carbonyl (C=O) groups is 2. The summed E-state index contributed by atoms with van der Waals surface area (Å²) in [6, 6.07) is 10.9. The van der Waals surface area contributed by atoms with Crippen LogP contribution in [0.1, 0.15) is 25.6 Å². The van der Waals surface area contributed by atoms with Gasteiger partial charge in [-0.2, -0.15) is 0 Å². The number of aryl methyl sites for hydroxylation is 1. The van der Waals surface area contributed by atoms with Crippen LogP contribution in [0.25, 0.3) is 10.1 Å². The van der Waals surface area contributed by atoms with Gasteiger partial charge in [-0.3, -0.25) is 20.4 Å². The second kappa shape index (κ2) is 6.59. The maximum Gasteiger partial charge on any atom is 0.280 e. The van der Waals surface area contributed by atoms with Crippen molar-refractivity contribution < 1.29 is 14.0 Å². The molecule has 2 N–H and O–H groups in total. The van der Waals surface area contributed by atoms with Gasteiger partial charge in [0.2, 0.25) is 0 Å². The minimum Gasteiger partial charge on any atom is -0.267 e. The molecule has 0 saturated carbocycles. The van der Waals surface area contributed by atoms with Crippen LogP contribution in [0.5, 0.6) is 0 Å². The average molecular weight is 363 g/mol. The van der Waals surface area contributed by atoms with Crippen molar-refractivity contribution >= 4 is 44.8 Å². The highest BCUT2D eigenvalue weighted by molar-refractivity contribution is 7.21. The summed E-state index contributed by atoms with van der Waals surface area (Å²) < 4.78 is 14.6. The molecule has 0 radical (unpaired) electrons. The summed E-state index contributed by atoms with van der Waals surface area (Å²) in [6.07, 6.45) is 0. The first-order chi connectivity index (χ1) is 11.5. The van der Waals surface area contributed by atoms with Gasteiger partial charge in [-0.15, -0.1) is 11.3 Å². The number of rotatable bonds is 2. The highest BCUT2D eigenvalue weighted by Crippen LogP contribution is 2.32. The molecule has 0 saturated heterocycles. The smallest absolute Gasteiger partial charge is 0.267 e. The number of hydrazine groups is 1. The Morgan fingerprint density at radius 3 is 2.38 bits per heavy atom. The van der Waals surface area contributed by atoms with Crippen molar-refractivity contribution in [3.05, 3.63) is 69.3 Å². The summed E-state index contributed by atoms with van der Waals surface area (Å²) in [5, 5.41) is 0.940. The van der Waals surface area contributed by atoms with E-state index < -0.39 is 11.8 Å². The number of nitrogens with one attached hydrogen (secondary N) is 2. The van der Waals surface area contributed by atoms with Crippen LogP contribution < -0.4 is 10.9 Å². The van der Waals surface area contributed by atoms with E-state index in [2.05, 4.69) is 10.9 Å². The standard InChI is InChI=1S/C17H12ClFN2O2S/c1-9-14-12(19)3-2-4-13(14)24-15(9)17(23)21-20-16(22)10-5-7-11(18)8-6-10/h2-8H,1H3,(H,20,22)(H,21,23). The molecule has 3 aromatic rings. The van der Waals surface area contributed by atoms with Crippen molar-refractivity contribution in [2.75, 3.05) is 0 Å². The van der Waals surface area contributed by atoms with Gasteiger partial charge in [-0.1, -0.05) is 17.7 Å². The highest BCUT2D eigenvalue weighted by atomic mass is 35.5. The molecule has 0 fully saturated rings. The van der Waals surface area contributed by atoms with Crippen LogP contribution >= 0.6 is 22.9 Å². The molecular weight excluding hydrogens is 351 g/mol. The molecule has 0 aliphatic rings. The molecule has 0 bridgehead atoms. The van der Waals surface area contributed by atoms with E-state index in [1.165, 1.54) is 17.4 Å². The summed E-state index contributed by atoms with van der Waals surface area (Å²) in [6.45, 7) is 1.68. The first kappa shape index (κ1) is 16.4. The van der Waals surface area contributed by atoms with Gasteiger partial charge in [0.1, 0.15) is 5.82 Å². The Morgan fingerprint density at radius 2 is 1.71 bits per heavy atom. The maximum atomic E-state index is 13.9. The van der Waals surface area contributed by atoms with Gasteiger partial charge in [0.25, 0.3) is 11.8 Å². The Hall–Kier alpha value is -2.44. The van der Waals surface area contributed by atoms with Gasteiger partial charge in [0.15, 0.2) is 0 Å². The van der Waals surface area contributed by atoms with Crippen molar-refractivity contribution in [3.8, 4) is 0 Å². The monoisotopic (exact) mass is 362 g/mol. The third-order valence-electron chi connectivity index (χ3n) is 3.51. The van der Waals surface area contributed by atoms with E-state index in [1.54, 1.807) is 43.3 Å². The third kappa shape index (κ3) is 3.11. The van der Waals surface area contributed by atoms with E-state index in [0.717, 1.165) is 0 Å². The summed E-state index contributed by atoms with van der Waals surface area (Å²) >= 11 is 6.94. The molecule has 0 atom stereocenters. The number of hydrogen-bond donors (Lipinski definition) is 2. The molecule has 3 rings (SSSR count). The lowest BCUT2D eigenvalue weighted by molar-refractivity contribution is 0.0848. The number of carbonyl (C=O) groups excluding carboxylic acids is 2. The number of fused-ring (bicyclic) bond motifs is 1. The fourth-order valence-electron chi connectivity index (χ4n) is 2.31. The van der Waals surface area contributed by atoms with Crippen LogP contribution in [-0.2, 0) is 0 Å². The summed E-state index contributed by atoms with van der Waals surface area (Å²) in [5.74, 6) is -1.33. The minimum atomic E-state index is -0.490. The zero-order chi connectivity index (χ0) is 17.3. The quantitative estimate of drug-likeness (QED) is 0.675. The van der Waals surface area contributed by atoms with Crippen LogP contribution in [0.15, 0.2) is 42.5 Å². The Labute approximate surface area is 146 Å². The average Bonchev–Trinajstić information content (AvgIpc) is 2.91. The fourth-order valence-corrected chi connectivity index (χ4v) is 3.56. The molecule has 0 aliphatic carbocycles. The van der Waals surface area contributed by atoms with E-state index in [9.17, 15) is 14.0 Å². The molecule has 1 heterocycles. The Kier molecular flexibility index (Phi) is 4.51. The normalized spacial score (nSPS) is 10.6. The molecule has 0 aliphatic heterocycles. The molecule has 0 spiro atoms. The zero-order valence-electron chi connectivity index (χ0n) is 12.5. The summed E-state index contributed by atoms with van der Waals surface area (Å²) in [5.41, 5.74) is 5.59. The SMILES string of the molecule is Cc1c(C(=O)NNC(=O)c2ccc(Cl)cc2)sc2cccc(F)c12. The summed E-state index contributed by atoms with van der Waals surface area (Å²) in [4.78, 5) is 24.6. The number of thiophene rings is 1. The summed E-state index contributed by atoms with van der Waals surface area (Å²) in [7, 11) is 0. The number of benzene rings is 2. The Morgan fingerprint density at radius 1 is 1.04 bits per heavy atom. The van der Waals surface area contributed by atoms with Gasteiger partial charge < -0.3 is 0 Å². The van der Waals surface area contributed by atoms with E-state index in [-0.39, 0.29) is 5.82 Å². The first-order valence-corrected chi connectivity index (χ1v) is 8.20. The first-order valence-electron chi connectivity index (χ1n) is 7.01. The Balaban J connectivity index is 1.76. The molecule has 2 amide bonds. The van der Waals surface area contributed by atoms with Crippen LogP contribution in [-0.4, -0.2) is 11.8 Å². The molecule has 7 heteroatoms. The van der Waals surface area contributed by atoms with Crippen LogP contribution in [0.2, 0.25) is 5.02 Å². The topological polar surface area (TPSA) is 58.2 Å². The lowest BCUT2D eigenvalue weighted by atomic mass is 10.1. The Bertz CT molecular complexity index is 938. The van der Waals surface area contributed by atoms with Gasteiger partial charge in [-0.05, 0) is 48.9 Å². The lowest BCUT2D eigenvalue weighted by Crippen LogP contribution is -2.41. The molecule has 122 valence electrons. The molecular formula is C17H12ClFN2O2S. The molecule has 24 heavy (non-hydrogen) atoms. The van der Waals surface area contributed by atoms with Crippen molar-refractivity contribution in [1.29, 1.82) is 0 Å². The van der Waals surface area contributed by atoms with Crippen LogP contribution in [0, 0.1) is 12.7 Å². The van der Waals surface area contributed by atoms with Crippen molar-refractivity contribution in [2.24, 2.45) is 0 Å². The molecule has 4 nitrogen and oxygen atoms in total. The second-order valence-corrected chi connectivity index (χ2v) is 6.57. The third-order valence-corrected chi connectivity index (χ3v) is 5.01. The second-order valence-electron chi connectivity index (χ2n) is 5.08. The van der Waals surface area contributed by atoms with E-state index in [1.807, 2.05) is 0 Å². The number of halogens is 2. The van der Waals surface area contributed by atoms with Gasteiger partial charge in [-0.25, -0.2) is 4.39 Å². The predicted molar refractivity (Wildman–Crippen MR) is 92.9 cm³/mol. The van der Waals surface area contributed by atoms with Gasteiger partial charge >= 0.3 is 0 Å². The van der Waals surface area contributed by atoms with Gasteiger partial charge in [0.05, 0.1) is 4.88 Å². The molecule has 1 aromatic heterocycles. The largest absolute Gasteiger partial charge is 0.280 e. The molecule has 2 aromatic carbocycles. The van der Waals surface area contributed by atoms with Crippen LogP contribution in [0.3, 0.4) is 0 Å². The van der Waals surface area contributed by atoms with Crippen molar-refractivity contribution in [2.45, 2.75) is 6.92 Å². The van der Waals surface area contributed by atoms with Crippen LogP contribution in [0.4, 0.5) is 4.39 Å². The lowest BCUT2D eigenvalue weighted by Gasteiger charge is -2.07.